The molecule has 1 atom stereocenters. The first-order valence-corrected chi connectivity index (χ1v) is 20.6. The average molecular weight is 419 g/mol. The van der Waals surface area contributed by atoms with Gasteiger partial charge in [-0.1, -0.05) is 0 Å². The second-order valence-corrected chi connectivity index (χ2v) is 36.8. The summed E-state index contributed by atoms with van der Waals surface area (Å²) in [6.45, 7) is 4.63. The van der Waals surface area contributed by atoms with E-state index in [1.54, 1.807) is 8.84 Å². The molecule has 0 amide bonds. The van der Waals surface area contributed by atoms with E-state index < -0.39 is 17.4 Å². The van der Waals surface area contributed by atoms with E-state index in [2.05, 4.69) is 71.6 Å². The maximum Gasteiger partial charge on any atom is -0.147 e. The predicted octanol–water partition coefficient (Wildman–Crippen LogP) is 5.17. The number of fused-ring (bicyclic) bond motifs is 1. The average Bonchev–Trinajstić information content (AvgIpc) is 2.98. The Balaban J connectivity index is 0.00000110. The van der Waals surface area contributed by atoms with E-state index in [1.165, 1.54) is 17.6 Å². The first kappa shape index (κ1) is 19.2. The molecule has 0 spiro atoms. The van der Waals surface area contributed by atoms with Gasteiger partial charge in [0.2, 0.25) is 0 Å². The standard InChI is InChI=1S/C10H9.C5H5.2CH3.2ClH.H2Si.Zr/c1-8-6-7-9-4-2-3-5-10(8)9;1-2-4-5-3-1;;;;;;/h2-7H,1H3;1-3H,4H2;2*1H3;2*1H;1H2;. The van der Waals surface area contributed by atoms with Gasteiger partial charge in [0.1, 0.15) is 0 Å². The zero-order valence-electron chi connectivity index (χ0n) is 12.9. The molecule has 3 rings (SSSR count). The summed E-state index contributed by atoms with van der Waals surface area (Å²) < 4.78 is 7.68. The minimum absolute atomic E-state index is 0. The van der Waals surface area contributed by atoms with E-state index in [-0.39, 0.29) is 24.8 Å². The van der Waals surface area contributed by atoms with Gasteiger partial charge in [0, 0.05) is 0 Å². The molecule has 114 valence electrons. The van der Waals surface area contributed by atoms with Crippen molar-refractivity contribution in [3.63, 3.8) is 0 Å². The van der Waals surface area contributed by atoms with Crippen LogP contribution in [0.4, 0.5) is 0 Å². The fraction of sp³-hybridized carbons (Fsp3) is 0.294. The number of hydrogen-bond acceptors (Lipinski definition) is 0. The smallest absolute Gasteiger partial charge is 0.147 e. The van der Waals surface area contributed by atoms with Crippen molar-refractivity contribution in [2.45, 2.75) is 26.2 Å². The first-order chi connectivity index (χ1) is 8.88. The molecule has 0 saturated heterocycles. The number of hydrogen-bond donors (Lipinski definition) is 0. The first-order valence-electron chi connectivity index (χ1n) is 7.10. The van der Waals surface area contributed by atoms with Crippen LogP contribution in [0.2, 0.25) is 9.26 Å². The Hall–Kier alpha value is 0.120. The quantitative estimate of drug-likeness (QED) is 0.582. The Morgan fingerprint density at radius 1 is 1.14 bits per heavy atom. The van der Waals surface area contributed by atoms with Crippen LogP contribution in [-0.4, -0.2) is 6.88 Å². The predicted molar refractivity (Wildman–Crippen MR) is 99.4 cm³/mol. The zero-order chi connectivity index (χ0) is 13.7. The van der Waals surface area contributed by atoms with Gasteiger partial charge in [0.05, 0.1) is 0 Å². The Morgan fingerprint density at radius 3 is 2.43 bits per heavy atom. The minimum Gasteiger partial charge on any atom is -0.147 e. The molecule has 2 aliphatic rings. The van der Waals surface area contributed by atoms with Crippen LogP contribution in [0.25, 0.3) is 5.57 Å². The summed E-state index contributed by atoms with van der Waals surface area (Å²) in [5.41, 5.74) is 4.54. The van der Waals surface area contributed by atoms with Crippen molar-refractivity contribution in [1.29, 1.82) is 0 Å². The molecule has 4 heteroatoms. The summed E-state index contributed by atoms with van der Waals surface area (Å²) in [4.78, 5) is 0. The Labute approximate surface area is 143 Å². The van der Waals surface area contributed by atoms with E-state index in [0.717, 1.165) is 0 Å². The van der Waals surface area contributed by atoms with Crippen molar-refractivity contribution >= 4 is 37.3 Å². The summed E-state index contributed by atoms with van der Waals surface area (Å²) in [6, 6.07) is 9.01. The molecule has 0 nitrogen and oxygen atoms in total. The van der Waals surface area contributed by atoms with Gasteiger partial charge >= 0.3 is 119 Å². The van der Waals surface area contributed by atoms with Gasteiger partial charge in [-0.2, -0.15) is 0 Å². The van der Waals surface area contributed by atoms with Crippen LogP contribution in [0.3, 0.4) is 0 Å². The molecule has 0 fully saturated rings. The van der Waals surface area contributed by atoms with E-state index in [0.29, 0.717) is 3.63 Å². The Morgan fingerprint density at radius 2 is 1.81 bits per heavy atom. The fourth-order valence-electron chi connectivity index (χ4n) is 3.58. The van der Waals surface area contributed by atoms with Gasteiger partial charge in [-0.15, -0.1) is 24.8 Å². The normalized spacial score (nSPS) is 20.1. The topological polar surface area (TPSA) is 0 Å². The molecule has 0 N–H and O–H groups in total. The molecule has 21 heavy (non-hydrogen) atoms. The van der Waals surface area contributed by atoms with Crippen molar-refractivity contribution < 1.29 is 17.4 Å². The molecule has 1 aromatic rings. The summed E-state index contributed by atoms with van der Waals surface area (Å²) in [5.74, 6) is 0. The van der Waals surface area contributed by atoms with Gasteiger partial charge < -0.3 is 0 Å². The molecule has 2 aliphatic carbocycles. The van der Waals surface area contributed by atoms with Gasteiger partial charge in [-0.25, -0.2) is 0 Å². The van der Waals surface area contributed by atoms with E-state index in [4.69, 9.17) is 0 Å². The van der Waals surface area contributed by atoms with E-state index in [9.17, 15) is 0 Å². The Kier molecular flexibility index (Phi) is 5.77. The summed E-state index contributed by atoms with van der Waals surface area (Å²) in [5, 5.41) is 0. The molecular formula is C17H24Cl2SiZr. The second-order valence-electron chi connectivity index (χ2n) is 7.05. The molecule has 0 saturated carbocycles. The van der Waals surface area contributed by atoms with Crippen molar-refractivity contribution in [2.75, 3.05) is 0 Å². The van der Waals surface area contributed by atoms with E-state index in [1.807, 2.05) is 0 Å². The molecule has 0 heterocycles. The van der Waals surface area contributed by atoms with Crippen molar-refractivity contribution in [1.82, 2.24) is 0 Å². The van der Waals surface area contributed by atoms with Crippen LogP contribution in [-0.2, 0) is 17.4 Å². The molecule has 0 aromatic heterocycles. The van der Waals surface area contributed by atoms with Crippen LogP contribution in [0.1, 0.15) is 28.1 Å². The van der Waals surface area contributed by atoms with E-state index >= 15 is 0 Å². The second kappa shape index (κ2) is 6.32. The number of rotatable bonds is 2. The van der Waals surface area contributed by atoms with Gasteiger partial charge in [0.25, 0.3) is 0 Å². The van der Waals surface area contributed by atoms with Gasteiger partial charge in [0.15, 0.2) is 0 Å². The number of allylic oxidation sites excluding steroid dienone is 6. The SMILES string of the molecule is CC1=C[CH]([Zr]([CH3])([CH3])(=[SiH2])[C]2=CC=CC2)c2ccccc21.Cl.Cl. The van der Waals surface area contributed by atoms with Crippen LogP contribution in [0, 0.1) is 0 Å². The molecular weight excluding hydrogens is 394 g/mol. The van der Waals surface area contributed by atoms with Crippen molar-refractivity contribution in [3.05, 3.63) is 63.0 Å². The summed E-state index contributed by atoms with van der Waals surface area (Å²) in [6.07, 6.45) is 10.7. The summed E-state index contributed by atoms with van der Waals surface area (Å²) in [7, 11) is 0. The molecule has 0 bridgehead atoms. The Bertz CT molecular complexity index is 707. The van der Waals surface area contributed by atoms with Gasteiger partial charge in [-0.05, 0) is 0 Å². The third-order valence-corrected chi connectivity index (χ3v) is 22.4. The van der Waals surface area contributed by atoms with Crippen molar-refractivity contribution in [2.24, 2.45) is 0 Å². The van der Waals surface area contributed by atoms with Crippen LogP contribution in [0.15, 0.2) is 51.9 Å². The van der Waals surface area contributed by atoms with Gasteiger partial charge in [-0.3, -0.25) is 0 Å². The van der Waals surface area contributed by atoms with Crippen LogP contribution in [0.5, 0.6) is 0 Å². The summed E-state index contributed by atoms with van der Waals surface area (Å²) >= 11 is -2.86. The largest absolute Gasteiger partial charge is 0.147 e. The van der Waals surface area contributed by atoms with Crippen molar-refractivity contribution in [3.8, 4) is 0 Å². The fourth-order valence-corrected chi connectivity index (χ4v) is 16.6. The molecule has 0 radical (unpaired) electrons. The van der Waals surface area contributed by atoms with Crippen LogP contribution >= 0.6 is 24.8 Å². The maximum atomic E-state index is 2.62. The third kappa shape index (κ3) is 3.11. The maximum absolute atomic E-state index is 2.86. The zero-order valence-corrected chi connectivity index (χ0v) is 18.4. The molecule has 1 unspecified atom stereocenters. The number of halogens is 2. The molecule has 1 aromatic carbocycles. The monoisotopic (exact) mass is 416 g/mol. The number of benzene rings is 1. The third-order valence-electron chi connectivity index (χ3n) is 4.96. The minimum atomic E-state index is -2.86. The van der Waals surface area contributed by atoms with Crippen LogP contribution < -0.4 is 0 Å². The molecule has 0 aliphatic heterocycles.